The minimum absolute atomic E-state index is 0.382. The average Bonchev–Trinajstić information content (AvgIpc) is 2.97. The van der Waals surface area contributed by atoms with Crippen molar-refractivity contribution in [2.24, 2.45) is 0 Å². The third-order valence-electron chi connectivity index (χ3n) is 2.97. The van der Waals surface area contributed by atoms with Gasteiger partial charge in [-0.3, -0.25) is 5.10 Å². The molecule has 1 atom stereocenters. The SMILES string of the molecule is c1snnc1CN[C@H]1CCCc2cn[nH]c21. The Labute approximate surface area is 97.4 Å². The second-order valence-electron chi connectivity index (χ2n) is 4.03. The maximum Gasteiger partial charge on any atom is 0.0893 e. The van der Waals surface area contributed by atoms with Crippen molar-refractivity contribution in [3.63, 3.8) is 0 Å². The van der Waals surface area contributed by atoms with E-state index in [9.17, 15) is 0 Å². The van der Waals surface area contributed by atoms with Crippen LogP contribution in [-0.4, -0.2) is 19.8 Å². The smallest absolute Gasteiger partial charge is 0.0893 e. The zero-order chi connectivity index (χ0) is 10.8. The quantitative estimate of drug-likeness (QED) is 0.844. The van der Waals surface area contributed by atoms with Crippen molar-refractivity contribution >= 4 is 11.5 Å². The van der Waals surface area contributed by atoms with Gasteiger partial charge in [0.2, 0.25) is 0 Å². The van der Waals surface area contributed by atoms with Gasteiger partial charge in [-0.25, -0.2) is 0 Å². The minimum atomic E-state index is 0.382. The number of H-pyrrole nitrogens is 1. The van der Waals surface area contributed by atoms with Crippen LogP contribution in [0.4, 0.5) is 0 Å². The van der Waals surface area contributed by atoms with E-state index in [4.69, 9.17) is 0 Å². The monoisotopic (exact) mass is 235 g/mol. The van der Waals surface area contributed by atoms with Crippen LogP contribution in [0.5, 0.6) is 0 Å². The molecule has 2 N–H and O–H groups in total. The van der Waals surface area contributed by atoms with Crippen LogP contribution >= 0.6 is 11.5 Å². The lowest BCUT2D eigenvalue weighted by molar-refractivity contribution is 0.447. The maximum atomic E-state index is 4.11. The fraction of sp³-hybridized carbons (Fsp3) is 0.500. The Hall–Kier alpha value is -1.27. The summed E-state index contributed by atoms with van der Waals surface area (Å²) in [5, 5.41) is 16.7. The van der Waals surface area contributed by atoms with Crippen LogP contribution < -0.4 is 5.32 Å². The first kappa shape index (κ1) is 9.92. The van der Waals surface area contributed by atoms with Gasteiger partial charge in [0.25, 0.3) is 0 Å². The number of rotatable bonds is 3. The Morgan fingerprint density at radius 1 is 1.56 bits per heavy atom. The lowest BCUT2D eigenvalue weighted by Crippen LogP contribution is -2.25. The van der Waals surface area contributed by atoms with E-state index in [0.717, 1.165) is 25.1 Å². The van der Waals surface area contributed by atoms with E-state index >= 15 is 0 Å². The van der Waals surface area contributed by atoms with Gasteiger partial charge >= 0.3 is 0 Å². The van der Waals surface area contributed by atoms with Gasteiger partial charge in [-0.2, -0.15) is 5.10 Å². The number of aromatic amines is 1. The first-order valence-corrected chi connectivity index (χ1v) is 6.28. The third-order valence-corrected chi connectivity index (χ3v) is 3.53. The molecule has 0 bridgehead atoms. The molecule has 0 saturated carbocycles. The highest BCUT2D eigenvalue weighted by Gasteiger charge is 2.21. The standard InChI is InChI=1S/C10H13N5S/c1-2-7-4-12-14-10(7)9(3-1)11-5-8-6-16-15-13-8/h4,6,9,11H,1-3,5H2,(H,12,14)/t9-/m0/s1. The molecule has 2 aromatic rings. The molecule has 0 radical (unpaired) electrons. The normalized spacial score (nSPS) is 19.6. The molecule has 2 aromatic heterocycles. The Morgan fingerprint density at radius 3 is 3.44 bits per heavy atom. The topological polar surface area (TPSA) is 66.5 Å². The summed E-state index contributed by atoms with van der Waals surface area (Å²) < 4.78 is 3.85. The second-order valence-corrected chi connectivity index (χ2v) is 4.64. The molecular weight excluding hydrogens is 222 g/mol. The lowest BCUT2D eigenvalue weighted by atomic mass is 9.94. The number of aromatic nitrogens is 4. The van der Waals surface area contributed by atoms with Crippen LogP contribution in [0.2, 0.25) is 0 Å². The van der Waals surface area contributed by atoms with E-state index in [1.54, 1.807) is 0 Å². The average molecular weight is 235 g/mol. The zero-order valence-corrected chi connectivity index (χ0v) is 9.63. The van der Waals surface area contributed by atoms with Crippen LogP contribution in [0.25, 0.3) is 0 Å². The molecule has 0 aliphatic heterocycles. The number of nitrogens with one attached hydrogen (secondary N) is 2. The predicted molar refractivity (Wildman–Crippen MR) is 61.0 cm³/mol. The largest absolute Gasteiger partial charge is 0.303 e. The van der Waals surface area contributed by atoms with Crippen molar-refractivity contribution in [1.29, 1.82) is 0 Å². The summed E-state index contributed by atoms with van der Waals surface area (Å²) in [5.41, 5.74) is 3.60. The molecule has 0 saturated heterocycles. The van der Waals surface area contributed by atoms with Gasteiger partial charge in [0.1, 0.15) is 0 Å². The Bertz CT molecular complexity index is 449. The van der Waals surface area contributed by atoms with Crippen molar-refractivity contribution in [2.75, 3.05) is 0 Å². The summed E-state index contributed by atoms with van der Waals surface area (Å²) in [6, 6.07) is 0.382. The number of fused-ring (bicyclic) bond motifs is 1. The first-order chi connectivity index (χ1) is 7.93. The lowest BCUT2D eigenvalue weighted by Gasteiger charge is -2.22. The predicted octanol–water partition coefficient (Wildman–Crippen LogP) is 1.43. The Balaban J connectivity index is 1.69. The molecule has 1 aliphatic rings. The van der Waals surface area contributed by atoms with Gasteiger partial charge in [-0.05, 0) is 36.4 Å². The number of hydrogen-bond donors (Lipinski definition) is 2. The van der Waals surface area contributed by atoms with Crippen molar-refractivity contribution in [1.82, 2.24) is 25.1 Å². The van der Waals surface area contributed by atoms with E-state index in [0.29, 0.717) is 6.04 Å². The van der Waals surface area contributed by atoms with Crippen LogP contribution in [0.15, 0.2) is 11.6 Å². The van der Waals surface area contributed by atoms with E-state index in [1.165, 1.54) is 29.2 Å². The molecule has 1 aliphatic carbocycles. The molecule has 6 heteroatoms. The summed E-state index contributed by atoms with van der Waals surface area (Å²) >= 11 is 1.39. The fourth-order valence-electron chi connectivity index (χ4n) is 2.16. The number of nitrogens with zero attached hydrogens (tertiary/aromatic N) is 3. The van der Waals surface area contributed by atoms with Crippen LogP contribution in [0.1, 0.15) is 35.8 Å². The summed E-state index contributed by atoms with van der Waals surface area (Å²) in [7, 11) is 0. The first-order valence-electron chi connectivity index (χ1n) is 5.45. The molecule has 0 aromatic carbocycles. The molecule has 16 heavy (non-hydrogen) atoms. The summed E-state index contributed by atoms with van der Waals surface area (Å²) in [6.45, 7) is 0.777. The van der Waals surface area contributed by atoms with Crippen LogP contribution in [0.3, 0.4) is 0 Å². The van der Waals surface area contributed by atoms with E-state index in [2.05, 4.69) is 25.1 Å². The van der Waals surface area contributed by atoms with Crippen molar-refractivity contribution in [3.8, 4) is 0 Å². The van der Waals surface area contributed by atoms with Crippen LogP contribution in [0, 0.1) is 0 Å². The summed E-state index contributed by atoms with van der Waals surface area (Å²) in [4.78, 5) is 0. The third kappa shape index (κ3) is 1.85. The van der Waals surface area contributed by atoms with Gasteiger partial charge in [0.05, 0.1) is 17.6 Å². The van der Waals surface area contributed by atoms with Crippen LogP contribution in [-0.2, 0) is 13.0 Å². The molecule has 2 heterocycles. The second kappa shape index (κ2) is 4.31. The summed E-state index contributed by atoms with van der Waals surface area (Å²) in [5.74, 6) is 0. The Morgan fingerprint density at radius 2 is 2.56 bits per heavy atom. The minimum Gasteiger partial charge on any atom is -0.303 e. The van der Waals surface area contributed by atoms with Gasteiger partial charge in [0, 0.05) is 18.0 Å². The van der Waals surface area contributed by atoms with Crippen molar-refractivity contribution in [2.45, 2.75) is 31.8 Å². The molecule has 5 nitrogen and oxygen atoms in total. The van der Waals surface area contributed by atoms with Gasteiger partial charge in [0.15, 0.2) is 0 Å². The van der Waals surface area contributed by atoms with Gasteiger partial charge < -0.3 is 5.32 Å². The van der Waals surface area contributed by atoms with E-state index < -0.39 is 0 Å². The van der Waals surface area contributed by atoms with Crippen molar-refractivity contribution < 1.29 is 0 Å². The molecular formula is C10H13N5S. The number of hydrogen-bond acceptors (Lipinski definition) is 5. The highest BCUT2D eigenvalue weighted by atomic mass is 32.1. The Kier molecular flexibility index (Phi) is 2.67. The highest BCUT2D eigenvalue weighted by Crippen LogP contribution is 2.27. The highest BCUT2D eigenvalue weighted by molar-refractivity contribution is 7.03. The van der Waals surface area contributed by atoms with Gasteiger partial charge in [-0.1, -0.05) is 4.49 Å². The fourth-order valence-corrected chi connectivity index (χ4v) is 2.61. The molecule has 0 spiro atoms. The molecule has 3 rings (SSSR count). The zero-order valence-electron chi connectivity index (χ0n) is 8.81. The number of aryl methyl sites for hydroxylation is 1. The molecule has 84 valence electrons. The molecule has 0 unspecified atom stereocenters. The maximum absolute atomic E-state index is 4.11. The molecule has 0 amide bonds. The van der Waals surface area contributed by atoms with E-state index in [-0.39, 0.29) is 0 Å². The van der Waals surface area contributed by atoms with E-state index in [1.807, 2.05) is 11.6 Å². The van der Waals surface area contributed by atoms with Crippen molar-refractivity contribution in [3.05, 3.63) is 28.5 Å². The van der Waals surface area contributed by atoms with Gasteiger partial charge in [-0.15, -0.1) is 5.10 Å². The molecule has 0 fully saturated rings. The summed E-state index contributed by atoms with van der Waals surface area (Å²) in [6.07, 6.45) is 5.46.